The molecule has 1 rings (SSSR count). The van der Waals surface area contributed by atoms with Crippen molar-refractivity contribution in [1.29, 1.82) is 5.26 Å². The van der Waals surface area contributed by atoms with E-state index in [9.17, 15) is 0 Å². The van der Waals surface area contributed by atoms with E-state index in [0.29, 0.717) is 0 Å². The molecule has 1 aliphatic rings. The number of ether oxygens (including phenoxy) is 1. The van der Waals surface area contributed by atoms with Gasteiger partial charge in [0.1, 0.15) is 0 Å². The molecule has 0 aliphatic carbocycles. The fourth-order valence-corrected chi connectivity index (χ4v) is 1.70. The van der Waals surface area contributed by atoms with E-state index in [0.717, 1.165) is 45.7 Å². The van der Waals surface area contributed by atoms with Gasteiger partial charge in [0.15, 0.2) is 0 Å². The fraction of sp³-hybridized carbons (Fsp3) is 0.900. The van der Waals surface area contributed by atoms with Crippen LogP contribution in [0.1, 0.15) is 19.8 Å². The van der Waals surface area contributed by atoms with Gasteiger partial charge in [0.05, 0.1) is 18.6 Å². The molecular formula is C10H18N2O. The molecular weight excluding hydrogens is 164 g/mol. The van der Waals surface area contributed by atoms with Crippen molar-refractivity contribution >= 4 is 0 Å². The first-order valence-corrected chi connectivity index (χ1v) is 5.06. The van der Waals surface area contributed by atoms with Crippen LogP contribution in [0.5, 0.6) is 0 Å². The van der Waals surface area contributed by atoms with Crippen molar-refractivity contribution in [2.45, 2.75) is 19.8 Å². The number of nitrogens with zero attached hydrogens (tertiary/aromatic N) is 2. The van der Waals surface area contributed by atoms with Crippen LogP contribution in [0.15, 0.2) is 0 Å². The molecule has 1 unspecified atom stereocenters. The van der Waals surface area contributed by atoms with Gasteiger partial charge in [-0.2, -0.15) is 5.26 Å². The van der Waals surface area contributed by atoms with Crippen LogP contribution in [0.3, 0.4) is 0 Å². The molecule has 0 aromatic heterocycles. The molecule has 0 radical (unpaired) electrons. The van der Waals surface area contributed by atoms with Crippen LogP contribution in [-0.4, -0.2) is 37.7 Å². The average Bonchev–Trinajstić information content (AvgIpc) is 2.19. The third-order valence-electron chi connectivity index (χ3n) is 2.44. The Hall–Kier alpha value is -0.590. The van der Waals surface area contributed by atoms with E-state index >= 15 is 0 Å². The van der Waals surface area contributed by atoms with Crippen molar-refractivity contribution in [3.05, 3.63) is 0 Å². The zero-order valence-corrected chi connectivity index (χ0v) is 8.33. The van der Waals surface area contributed by atoms with Crippen LogP contribution in [-0.2, 0) is 4.74 Å². The molecule has 13 heavy (non-hydrogen) atoms. The lowest BCUT2D eigenvalue weighted by Crippen LogP contribution is -2.37. The molecule has 0 spiro atoms. The average molecular weight is 182 g/mol. The van der Waals surface area contributed by atoms with E-state index in [1.165, 1.54) is 0 Å². The highest BCUT2D eigenvalue weighted by Gasteiger charge is 2.18. The van der Waals surface area contributed by atoms with E-state index in [4.69, 9.17) is 10.00 Å². The van der Waals surface area contributed by atoms with Crippen molar-refractivity contribution < 1.29 is 4.74 Å². The summed E-state index contributed by atoms with van der Waals surface area (Å²) < 4.78 is 5.28. The Labute approximate surface area is 80.3 Å². The second-order valence-corrected chi connectivity index (χ2v) is 3.47. The minimum atomic E-state index is 0.246. The van der Waals surface area contributed by atoms with Gasteiger partial charge in [-0.05, 0) is 26.3 Å². The lowest BCUT2D eigenvalue weighted by Gasteiger charge is -2.29. The molecule has 1 fully saturated rings. The quantitative estimate of drug-likeness (QED) is 0.614. The maximum absolute atomic E-state index is 8.77. The highest BCUT2D eigenvalue weighted by atomic mass is 16.5. The molecule has 1 heterocycles. The Morgan fingerprint density at radius 2 is 2.46 bits per heavy atom. The molecule has 3 heteroatoms. The Balaban J connectivity index is 2.15. The minimum absolute atomic E-state index is 0.246. The van der Waals surface area contributed by atoms with Gasteiger partial charge in [0, 0.05) is 19.7 Å². The maximum Gasteiger partial charge on any atom is 0.0669 e. The van der Waals surface area contributed by atoms with Gasteiger partial charge in [-0.15, -0.1) is 0 Å². The van der Waals surface area contributed by atoms with Gasteiger partial charge in [0.25, 0.3) is 0 Å². The first kappa shape index (κ1) is 10.5. The van der Waals surface area contributed by atoms with Gasteiger partial charge in [-0.3, -0.25) is 4.90 Å². The number of hydrogen-bond acceptors (Lipinski definition) is 3. The summed E-state index contributed by atoms with van der Waals surface area (Å²) in [5, 5.41) is 8.77. The third kappa shape index (κ3) is 3.75. The van der Waals surface area contributed by atoms with Crippen molar-refractivity contribution in [3.63, 3.8) is 0 Å². The summed E-state index contributed by atoms with van der Waals surface area (Å²) in [7, 11) is 0. The standard InChI is InChI=1S/C10H18N2O/c1-2-13-7-6-12-5-3-4-10(8-11)9-12/h10H,2-7,9H2,1H3. The summed E-state index contributed by atoms with van der Waals surface area (Å²) in [6.07, 6.45) is 2.23. The number of hydrogen-bond donors (Lipinski definition) is 0. The van der Waals surface area contributed by atoms with Crippen LogP contribution < -0.4 is 0 Å². The van der Waals surface area contributed by atoms with Gasteiger partial charge in [-0.25, -0.2) is 0 Å². The summed E-state index contributed by atoms with van der Waals surface area (Å²) in [4.78, 5) is 2.33. The SMILES string of the molecule is CCOCCN1CCCC(C#N)C1. The monoisotopic (exact) mass is 182 g/mol. The lowest BCUT2D eigenvalue weighted by atomic mass is 10.00. The van der Waals surface area contributed by atoms with E-state index < -0.39 is 0 Å². The second-order valence-electron chi connectivity index (χ2n) is 3.47. The van der Waals surface area contributed by atoms with Crippen LogP contribution in [0.4, 0.5) is 0 Å². The highest BCUT2D eigenvalue weighted by molar-refractivity contribution is 4.88. The van der Waals surface area contributed by atoms with Crippen LogP contribution in [0.2, 0.25) is 0 Å². The number of rotatable bonds is 4. The summed E-state index contributed by atoms with van der Waals surface area (Å²) in [6, 6.07) is 2.34. The lowest BCUT2D eigenvalue weighted by molar-refractivity contribution is 0.0985. The second kappa shape index (κ2) is 5.95. The van der Waals surface area contributed by atoms with E-state index in [1.807, 2.05) is 6.92 Å². The molecule has 1 atom stereocenters. The Kier molecular flexibility index (Phi) is 4.81. The molecule has 0 amide bonds. The Bertz CT molecular complexity index is 176. The predicted octanol–water partition coefficient (Wildman–Crippen LogP) is 1.26. The van der Waals surface area contributed by atoms with E-state index in [2.05, 4.69) is 11.0 Å². The van der Waals surface area contributed by atoms with Crippen molar-refractivity contribution in [3.8, 4) is 6.07 Å². The fourth-order valence-electron chi connectivity index (χ4n) is 1.70. The molecule has 0 bridgehead atoms. The van der Waals surface area contributed by atoms with Crippen molar-refractivity contribution in [2.24, 2.45) is 5.92 Å². The summed E-state index contributed by atoms with van der Waals surface area (Å²) in [6.45, 7) is 6.64. The summed E-state index contributed by atoms with van der Waals surface area (Å²) >= 11 is 0. The molecule has 0 saturated carbocycles. The molecule has 3 nitrogen and oxygen atoms in total. The summed E-state index contributed by atoms with van der Waals surface area (Å²) in [5.74, 6) is 0.246. The van der Waals surface area contributed by atoms with Gasteiger partial charge in [0.2, 0.25) is 0 Å². The van der Waals surface area contributed by atoms with E-state index in [1.54, 1.807) is 0 Å². The highest BCUT2D eigenvalue weighted by Crippen LogP contribution is 2.14. The zero-order chi connectivity index (χ0) is 9.52. The molecule has 1 saturated heterocycles. The number of nitriles is 1. The first-order valence-electron chi connectivity index (χ1n) is 5.06. The third-order valence-corrected chi connectivity index (χ3v) is 2.44. The normalized spacial score (nSPS) is 24.2. The molecule has 0 N–H and O–H groups in total. The Morgan fingerprint density at radius 3 is 3.15 bits per heavy atom. The molecule has 1 aliphatic heterocycles. The topological polar surface area (TPSA) is 36.3 Å². The van der Waals surface area contributed by atoms with Crippen molar-refractivity contribution in [2.75, 3.05) is 32.8 Å². The maximum atomic E-state index is 8.77. The van der Waals surface area contributed by atoms with Gasteiger partial charge in [-0.1, -0.05) is 0 Å². The van der Waals surface area contributed by atoms with Crippen LogP contribution in [0, 0.1) is 17.2 Å². The largest absolute Gasteiger partial charge is 0.380 e. The minimum Gasteiger partial charge on any atom is -0.380 e. The molecule has 0 aromatic rings. The zero-order valence-electron chi connectivity index (χ0n) is 8.33. The number of likely N-dealkylation sites (tertiary alicyclic amines) is 1. The van der Waals surface area contributed by atoms with Gasteiger partial charge >= 0.3 is 0 Å². The van der Waals surface area contributed by atoms with Crippen LogP contribution in [0.25, 0.3) is 0 Å². The first-order chi connectivity index (χ1) is 6.36. The number of piperidine rings is 1. The van der Waals surface area contributed by atoms with Crippen molar-refractivity contribution in [1.82, 2.24) is 4.90 Å². The molecule has 0 aromatic carbocycles. The Morgan fingerprint density at radius 1 is 1.62 bits per heavy atom. The smallest absolute Gasteiger partial charge is 0.0669 e. The van der Waals surface area contributed by atoms with E-state index in [-0.39, 0.29) is 5.92 Å². The van der Waals surface area contributed by atoms with Crippen LogP contribution >= 0.6 is 0 Å². The summed E-state index contributed by atoms with van der Waals surface area (Å²) in [5.41, 5.74) is 0. The van der Waals surface area contributed by atoms with Gasteiger partial charge < -0.3 is 4.74 Å². The molecule has 74 valence electrons. The predicted molar refractivity (Wildman–Crippen MR) is 51.3 cm³/mol.